The molecule has 0 saturated carbocycles. The molecule has 0 aliphatic heterocycles. The minimum absolute atomic E-state index is 0.329. The molecule has 5 nitrogen and oxygen atoms in total. The van der Waals surface area contributed by atoms with E-state index in [-0.39, 0.29) is 5.97 Å². The van der Waals surface area contributed by atoms with E-state index in [1.165, 1.54) is 13.0 Å². The zero-order valence-electron chi connectivity index (χ0n) is 10.8. The van der Waals surface area contributed by atoms with Gasteiger partial charge >= 0.3 is 11.9 Å². The first-order chi connectivity index (χ1) is 9.01. The number of hydrogen-bond acceptors (Lipinski definition) is 4. The third-order valence-electron chi connectivity index (χ3n) is 1.79. The number of para-hydroxylation sites is 1. The number of hydrogen-bond donors (Lipinski definition) is 1. The number of carboxylic acids is 1. The summed E-state index contributed by atoms with van der Waals surface area (Å²) in [5.74, 6) is -0.629. The molecule has 1 N–H and O–H groups in total. The molecule has 19 heavy (non-hydrogen) atoms. The summed E-state index contributed by atoms with van der Waals surface area (Å²) in [6.07, 6.45) is 3.68. The highest BCUT2D eigenvalue weighted by Gasteiger charge is 1.96. The molecule has 0 aliphatic carbocycles. The first-order valence-corrected chi connectivity index (χ1v) is 5.33. The van der Waals surface area contributed by atoms with Crippen LogP contribution >= 0.6 is 0 Å². The van der Waals surface area contributed by atoms with Gasteiger partial charge in [0.2, 0.25) is 0 Å². The number of benzene rings is 1. The lowest BCUT2D eigenvalue weighted by atomic mass is 10.2. The lowest BCUT2D eigenvalue weighted by Crippen LogP contribution is -1.88. The molecule has 0 fully saturated rings. The average molecular weight is 264 g/mol. The van der Waals surface area contributed by atoms with E-state index in [2.05, 4.69) is 11.3 Å². The van der Waals surface area contributed by atoms with E-state index in [1.807, 2.05) is 12.1 Å². The van der Waals surface area contributed by atoms with Gasteiger partial charge in [-0.1, -0.05) is 24.8 Å². The Morgan fingerprint density at radius 1 is 1.32 bits per heavy atom. The van der Waals surface area contributed by atoms with Crippen LogP contribution in [0.25, 0.3) is 6.08 Å². The van der Waals surface area contributed by atoms with E-state index in [4.69, 9.17) is 9.84 Å². The second-order valence-corrected chi connectivity index (χ2v) is 3.19. The highest BCUT2D eigenvalue weighted by Crippen LogP contribution is 2.18. The van der Waals surface area contributed by atoms with E-state index in [1.54, 1.807) is 19.2 Å². The Kier molecular flexibility index (Phi) is 8.19. The fourth-order valence-electron chi connectivity index (χ4n) is 1.08. The van der Waals surface area contributed by atoms with Crippen molar-refractivity contribution in [1.82, 2.24) is 0 Å². The zero-order valence-corrected chi connectivity index (χ0v) is 10.8. The predicted octanol–water partition coefficient (Wildman–Crippen LogP) is 2.49. The summed E-state index contributed by atoms with van der Waals surface area (Å²) in [5.41, 5.74) is 0.757. The number of carbonyl (C=O) groups is 2. The van der Waals surface area contributed by atoms with Crippen molar-refractivity contribution < 1.29 is 24.2 Å². The van der Waals surface area contributed by atoms with E-state index in [9.17, 15) is 9.59 Å². The maximum Gasteiger partial charge on any atom is 0.328 e. The Balaban J connectivity index is 0.000000459. The van der Waals surface area contributed by atoms with Crippen molar-refractivity contribution in [2.75, 3.05) is 7.11 Å². The van der Waals surface area contributed by atoms with Gasteiger partial charge in [-0.05, 0) is 12.1 Å². The first-order valence-electron chi connectivity index (χ1n) is 5.33. The molecule has 0 bridgehead atoms. The Morgan fingerprint density at radius 2 is 1.95 bits per heavy atom. The third-order valence-corrected chi connectivity index (χ3v) is 1.79. The fourth-order valence-corrected chi connectivity index (χ4v) is 1.08. The standard InChI is InChI=1S/C10H10O3.C4H6O2/c1-13-9-5-3-2-4-8(9)6-7-10(11)12;1-3-6-4(2)5/h2-7H,1H3,(H,11,12);3H,1H2,2H3. The van der Waals surface area contributed by atoms with Crippen molar-refractivity contribution in [3.05, 3.63) is 48.7 Å². The van der Waals surface area contributed by atoms with Crippen LogP contribution in [-0.4, -0.2) is 24.2 Å². The van der Waals surface area contributed by atoms with Gasteiger partial charge in [-0.3, -0.25) is 4.79 Å². The zero-order chi connectivity index (χ0) is 14.7. The van der Waals surface area contributed by atoms with Crippen LogP contribution in [0.4, 0.5) is 0 Å². The quantitative estimate of drug-likeness (QED) is 0.514. The molecule has 1 rings (SSSR count). The Hall–Kier alpha value is -2.56. The van der Waals surface area contributed by atoms with Crippen molar-refractivity contribution in [1.29, 1.82) is 0 Å². The number of rotatable bonds is 4. The summed E-state index contributed by atoms with van der Waals surface area (Å²) >= 11 is 0. The van der Waals surface area contributed by atoms with Gasteiger partial charge < -0.3 is 14.6 Å². The lowest BCUT2D eigenvalue weighted by molar-refractivity contribution is -0.135. The van der Waals surface area contributed by atoms with Gasteiger partial charge in [0, 0.05) is 18.6 Å². The van der Waals surface area contributed by atoms with Gasteiger partial charge in [-0.15, -0.1) is 0 Å². The van der Waals surface area contributed by atoms with Crippen molar-refractivity contribution >= 4 is 18.0 Å². The molecule has 1 aromatic rings. The molecule has 1 aromatic carbocycles. The van der Waals surface area contributed by atoms with E-state index in [0.717, 1.165) is 17.9 Å². The number of carboxylic acid groups (broad SMARTS) is 1. The summed E-state index contributed by atoms with van der Waals surface area (Å²) < 4.78 is 9.20. The molecule has 5 heteroatoms. The van der Waals surface area contributed by atoms with E-state index >= 15 is 0 Å². The van der Waals surface area contributed by atoms with Crippen LogP contribution in [0.2, 0.25) is 0 Å². The molecule has 0 heterocycles. The summed E-state index contributed by atoms with van der Waals surface area (Å²) in [5, 5.41) is 8.41. The normalized spacial score (nSPS) is 9.16. The van der Waals surface area contributed by atoms with Crippen molar-refractivity contribution in [2.45, 2.75) is 6.92 Å². The SMILES string of the molecule is C=COC(C)=O.COc1ccccc1C=CC(=O)O. The van der Waals surface area contributed by atoms with Crippen molar-refractivity contribution in [3.8, 4) is 5.75 Å². The highest BCUT2D eigenvalue weighted by atomic mass is 16.5. The highest BCUT2D eigenvalue weighted by molar-refractivity contribution is 5.85. The second kappa shape index (κ2) is 9.47. The number of esters is 1. The molecule has 0 saturated heterocycles. The molecule has 0 aliphatic rings. The van der Waals surface area contributed by atoms with Gasteiger partial charge in [0.05, 0.1) is 13.4 Å². The second-order valence-electron chi connectivity index (χ2n) is 3.19. The van der Waals surface area contributed by atoms with Gasteiger partial charge in [0.1, 0.15) is 5.75 Å². The van der Waals surface area contributed by atoms with Crippen LogP contribution in [0, 0.1) is 0 Å². The monoisotopic (exact) mass is 264 g/mol. The topological polar surface area (TPSA) is 72.8 Å². The Bertz CT molecular complexity index is 463. The summed E-state index contributed by atoms with van der Waals surface area (Å²) in [4.78, 5) is 20.0. The number of ether oxygens (including phenoxy) is 2. The fraction of sp³-hybridized carbons (Fsp3) is 0.143. The summed E-state index contributed by atoms with van der Waals surface area (Å²) in [6.45, 7) is 4.48. The van der Waals surface area contributed by atoms with Gasteiger partial charge in [0.15, 0.2) is 0 Å². The van der Waals surface area contributed by atoms with Crippen molar-refractivity contribution in [2.24, 2.45) is 0 Å². The maximum atomic E-state index is 10.2. The molecule has 0 unspecified atom stereocenters. The Labute approximate surface area is 111 Å². The number of aliphatic carboxylic acids is 1. The molecule has 0 spiro atoms. The van der Waals surface area contributed by atoms with Crippen LogP contribution in [-0.2, 0) is 14.3 Å². The van der Waals surface area contributed by atoms with Crippen LogP contribution in [0.1, 0.15) is 12.5 Å². The summed E-state index contributed by atoms with van der Waals surface area (Å²) in [6, 6.07) is 7.22. The first kappa shape index (κ1) is 16.4. The number of carbonyl (C=O) groups excluding carboxylic acids is 1. The van der Waals surface area contributed by atoms with Crippen LogP contribution in [0.5, 0.6) is 5.75 Å². The molecule has 0 atom stereocenters. The minimum atomic E-state index is -0.967. The number of methoxy groups -OCH3 is 1. The van der Waals surface area contributed by atoms with Crippen molar-refractivity contribution in [3.63, 3.8) is 0 Å². The van der Waals surface area contributed by atoms with Gasteiger partial charge in [-0.2, -0.15) is 0 Å². The maximum absolute atomic E-state index is 10.2. The minimum Gasteiger partial charge on any atom is -0.496 e. The third kappa shape index (κ3) is 8.20. The molecule has 102 valence electrons. The average Bonchev–Trinajstić information content (AvgIpc) is 2.37. The smallest absolute Gasteiger partial charge is 0.328 e. The molecule has 0 radical (unpaired) electrons. The molecule has 0 aromatic heterocycles. The van der Waals surface area contributed by atoms with Crippen LogP contribution in [0.3, 0.4) is 0 Å². The molecular weight excluding hydrogens is 248 g/mol. The lowest BCUT2D eigenvalue weighted by Gasteiger charge is -2.02. The van der Waals surface area contributed by atoms with Gasteiger partial charge in [-0.25, -0.2) is 4.79 Å². The largest absolute Gasteiger partial charge is 0.496 e. The molecule has 0 amide bonds. The van der Waals surface area contributed by atoms with Gasteiger partial charge in [0.25, 0.3) is 0 Å². The summed E-state index contributed by atoms with van der Waals surface area (Å²) in [7, 11) is 1.55. The van der Waals surface area contributed by atoms with E-state index < -0.39 is 5.97 Å². The molecular formula is C14H16O5. The van der Waals surface area contributed by atoms with E-state index in [0.29, 0.717) is 5.75 Å². The predicted molar refractivity (Wildman–Crippen MR) is 71.6 cm³/mol. The van der Waals surface area contributed by atoms with Crippen LogP contribution in [0.15, 0.2) is 43.2 Å². The van der Waals surface area contributed by atoms with Crippen LogP contribution < -0.4 is 4.74 Å². The Morgan fingerprint density at radius 3 is 2.37 bits per heavy atom.